The molecule has 0 unspecified atom stereocenters. The fourth-order valence-corrected chi connectivity index (χ4v) is 2.25. The Hall–Kier alpha value is -1.99. The molecule has 21 heavy (non-hydrogen) atoms. The number of carbonyl (C=O) groups is 2. The highest BCUT2D eigenvalue weighted by Crippen LogP contribution is 2.19. The zero-order chi connectivity index (χ0) is 15.4. The maximum Gasteiger partial charge on any atom is 0.326 e. The SMILES string of the molecule is N[C@H](CS)C(=O)N[C@@H](Cc1c[nH]c2ccccc12)C(=O)O. The number of fused-ring (bicyclic) bond motifs is 1. The summed E-state index contributed by atoms with van der Waals surface area (Å²) in [6.45, 7) is 0. The summed E-state index contributed by atoms with van der Waals surface area (Å²) in [6, 6.07) is 5.74. The van der Waals surface area contributed by atoms with E-state index >= 15 is 0 Å². The predicted molar refractivity (Wildman–Crippen MR) is 83.4 cm³/mol. The highest BCUT2D eigenvalue weighted by molar-refractivity contribution is 7.80. The number of carboxylic acid groups (broad SMARTS) is 1. The minimum Gasteiger partial charge on any atom is -0.480 e. The van der Waals surface area contributed by atoms with Crippen molar-refractivity contribution in [3.63, 3.8) is 0 Å². The van der Waals surface area contributed by atoms with Gasteiger partial charge in [-0.05, 0) is 11.6 Å². The van der Waals surface area contributed by atoms with Crippen molar-refractivity contribution in [2.45, 2.75) is 18.5 Å². The molecule has 0 saturated heterocycles. The van der Waals surface area contributed by atoms with E-state index in [1.807, 2.05) is 24.3 Å². The molecule has 0 aliphatic rings. The summed E-state index contributed by atoms with van der Waals surface area (Å²) in [6.07, 6.45) is 1.94. The first-order valence-electron chi connectivity index (χ1n) is 6.47. The molecule has 2 rings (SSSR count). The Bertz CT molecular complexity index is 656. The van der Waals surface area contributed by atoms with Crippen molar-refractivity contribution >= 4 is 35.4 Å². The topological polar surface area (TPSA) is 108 Å². The molecule has 0 fully saturated rings. The van der Waals surface area contributed by atoms with Crippen LogP contribution in [0.5, 0.6) is 0 Å². The van der Waals surface area contributed by atoms with Crippen LogP contribution >= 0.6 is 12.6 Å². The molecule has 1 amide bonds. The van der Waals surface area contributed by atoms with Crippen LogP contribution in [-0.2, 0) is 16.0 Å². The Labute approximate surface area is 127 Å². The molecule has 0 spiro atoms. The number of rotatable bonds is 6. The molecule has 1 aromatic carbocycles. The second kappa shape index (κ2) is 6.64. The Morgan fingerprint density at radius 3 is 2.76 bits per heavy atom. The molecule has 1 heterocycles. The number of amides is 1. The van der Waals surface area contributed by atoms with Crippen LogP contribution < -0.4 is 11.1 Å². The Kier molecular flexibility index (Phi) is 4.87. The fraction of sp³-hybridized carbons (Fsp3) is 0.286. The van der Waals surface area contributed by atoms with Crippen molar-refractivity contribution in [2.24, 2.45) is 5.73 Å². The second-order valence-corrected chi connectivity index (χ2v) is 5.12. The van der Waals surface area contributed by atoms with Gasteiger partial charge >= 0.3 is 5.97 Å². The number of H-pyrrole nitrogens is 1. The third-order valence-corrected chi connectivity index (χ3v) is 3.64. The molecule has 6 nitrogen and oxygen atoms in total. The summed E-state index contributed by atoms with van der Waals surface area (Å²) in [5, 5.41) is 12.6. The van der Waals surface area contributed by atoms with E-state index in [0.717, 1.165) is 16.5 Å². The molecular formula is C14H17N3O3S. The molecule has 0 saturated carbocycles. The largest absolute Gasteiger partial charge is 0.480 e. The van der Waals surface area contributed by atoms with Gasteiger partial charge in [0.05, 0.1) is 6.04 Å². The zero-order valence-corrected chi connectivity index (χ0v) is 12.1. The van der Waals surface area contributed by atoms with Gasteiger partial charge in [-0.25, -0.2) is 4.79 Å². The number of benzene rings is 1. The number of hydrogen-bond acceptors (Lipinski definition) is 4. The Morgan fingerprint density at radius 1 is 1.38 bits per heavy atom. The maximum atomic E-state index is 11.7. The van der Waals surface area contributed by atoms with E-state index in [-0.39, 0.29) is 12.2 Å². The van der Waals surface area contributed by atoms with Crippen molar-refractivity contribution in [2.75, 3.05) is 5.75 Å². The summed E-state index contributed by atoms with van der Waals surface area (Å²) in [5.74, 6) is -1.46. The first-order valence-corrected chi connectivity index (χ1v) is 7.10. The minimum absolute atomic E-state index is 0.158. The van der Waals surface area contributed by atoms with Gasteiger partial charge in [-0.2, -0.15) is 12.6 Å². The first-order chi connectivity index (χ1) is 10.0. The van der Waals surface area contributed by atoms with E-state index in [4.69, 9.17) is 5.73 Å². The first kappa shape index (κ1) is 15.4. The van der Waals surface area contributed by atoms with Crippen LogP contribution in [0.15, 0.2) is 30.5 Å². The number of hydrogen-bond donors (Lipinski definition) is 5. The molecule has 0 aliphatic heterocycles. The van der Waals surface area contributed by atoms with Gasteiger partial charge in [0.1, 0.15) is 6.04 Å². The number of nitrogens with one attached hydrogen (secondary N) is 2. The Balaban J connectivity index is 2.17. The summed E-state index contributed by atoms with van der Waals surface area (Å²) >= 11 is 3.93. The van der Waals surface area contributed by atoms with Crippen molar-refractivity contribution in [1.29, 1.82) is 0 Å². The fourth-order valence-electron chi connectivity index (χ4n) is 2.08. The lowest BCUT2D eigenvalue weighted by Crippen LogP contribution is -2.50. The average Bonchev–Trinajstić information content (AvgIpc) is 2.88. The van der Waals surface area contributed by atoms with Crippen LogP contribution in [0.2, 0.25) is 0 Å². The van der Waals surface area contributed by atoms with Crippen molar-refractivity contribution < 1.29 is 14.7 Å². The van der Waals surface area contributed by atoms with Crippen LogP contribution in [-0.4, -0.2) is 39.8 Å². The number of carboxylic acids is 1. The van der Waals surface area contributed by atoms with Crippen molar-refractivity contribution in [3.05, 3.63) is 36.0 Å². The van der Waals surface area contributed by atoms with Gasteiger partial charge in [0.2, 0.25) is 5.91 Å². The van der Waals surface area contributed by atoms with Crippen molar-refractivity contribution in [1.82, 2.24) is 10.3 Å². The van der Waals surface area contributed by atoms with Crippen molar-refractivity contribution in [3.8, 4) is 0 Å². The standard InChI is InChI=1S/C14H17N3O3S/c15-10(7-21)13(18)17-12(14(19)20)5-8-6-16-11-4-2-1-3-9(8)11/h1-4,6,10,12,16,21H,5,7,15H2,(H,17,18)(H,19,20)/t10-,12+/m1/s1. The van der Waals surface area contributed by atoms with E-state index in [2.05, 4.69) is 22.9 Å². The molecule has 2 aromatic rings. The summed E-state index contributed by atoms with van der Waals surface area (Å²) < 4.78 is 0. The van der Waals surface area contributed by atoms with Crippen LogP contribution in [0.25, 0.3) is 10.9 Å². The van der Waals surface area contributed by atoms with E-state index in [0.29, 0.717) is 0 Å². The van der Waals surface area contributed by atoms with Crippen LogP contribution in [0, 0.1) is 0 Å². The van der Waals surface area contributed by atoms with Gasteiger partial charge < -0.3 is 21.1 Å². The van der Waals surface area contributed by atoms with E-state index in [1.165, 1.54) is 0 Å². The van der Waals surface area contributed by atoms with Crippen LogP contribution in [0.4, 0.5) is 0 Å². The Morgan fingerprint density at radius 2 is 2.10 bits per heavy atom. The lowest BCUT2D eigenvalue weighted by molar-refractivity contribution is -0.141. The monoisotopic (exact) mass is 307 g/mol. The number of aliphatic carboxylic acids is 1. The molecule has 112 valence electrons. The number of aromatic nitrogens is 1. The summed E-state index contributed by atoms with van der Waals surface area (Å²) in [7, 11) is 0. The predicted octanol–water partition coefficient (Wildman–Crippen LogP) is 0.537. The summed E-state index contributed by atoms with van der Waals surface area (Å²) in [4.78, 5) is 26.1. The molecule has 0 bridgehead atoms. The summed E-state index contributed by atoms with van der Waals surface area (Å²) in [5.41, 5.74) is 7.30. The van der Waals surface area contributed by atoms with Gasteiger partial charge in [-0.1, -0.05) is 18.2 Å². The molecule has 5 N–H and O–H groups in total. The van der Waals surface area contributed by atoms with Crippen LogP contribution in [0.3, 0.4) is 0 Å². The van der Waals surface area contributed by atoms with Gasteiger partial charge in [-0.3, -0.25) is 4.79 Å². The van der Waals surface area contributed by atoms with E-state index in [1.54, 1.807) is 6.20 Å². The van der Waals surface area contributed by atoms with Gasteiger partial charge in [-0.15, -0.1) is 0 Å². The maximum absolute atomic E-state index is 11.7. The molecular weight excluding hydrogens is 290 g/mol. The smallest absolute Gasteiger partial charge is 0.326 e. The zero-order valence-electron chi connectivity index (χ0n) is 11.2. The number of carbonyl (C=O) groups excluding carboxylic acids is 1. The average molecular weight is 307 g/mol. The number of thiol groups is 1. The van der Waals surface area contributed by atoms with Gasteiger partial charge in [0.15, 0.2) is 0 Å². The lowest BCUT2D eigenvalue weighted by atomic mass is 10.0. The lowest BCUT2D eigenvalue weighted by Gasteiger charge is -2.16. The molecule has 2 atom stereocenters. The van der Waals surface area contributed by atoms with Gasteiger partial charge in [0.25, 0.3) is 0 Å². The highest BCUT2D eigenvalue weighted by Gasteiger charge is 2.24. The van der Waals surface area contributed by atoms with E-state index < -0.39 is 24.0 Å². The van der Waals surface area contributed by atoms with E-state index in [9.17, 15) is 14.7 Å². The minimum atomic E-state index is -1.10. The number of para-hydroxylation sites is 1. The molecule has 7 heteroatoms. The second-order valence-electron chi connectivity index (χ2n) is 4.75. The van der Waals surface area contributed by atoms with Crippen LogP contribution in [0.1, 0.15) is 5.56 Å². The molecule has 1 aromatic heterocycles. The molecule has 0 aliphatic carbocycles. The normalized spacial score (nSPS) is 13.8. The molecule has 0 radical (unpaired) electrons. The highest BCUT2D eigenvalue weighted by atomic mass is 32.1. The van der Waals surface area contributed by atoms with Gasteiger partial charge in [0, 0.05) is 29.3 Å². The number of nitrogens with two attached hydrogens (primary N) is 1. The third-order valence-electron chi connectivity index (χ3n) is 3.25. The quantitative estimate of drug-likeness (QED) is 0.502. The third kappa shape index (κ3) is 3.56. The number of aromatic amines is 1.